The number of ketones is 1. The Hall–Kier alpha value is -1.97. The van der Waals surface area contributed by atoms with E-state index in [2.05, 4.69) is 19.1 Å². The lowest BCUT2D eigenvalue weighted by Gasteiger charge is -2.36. The minimum Gasteiger partial charge on any atom is -0.373 e. The molecule has 1 aliphatic heterocycles. The first kappa shape index (κ1) is 15.6. The summed E-state index contributed by atoms with van der Waals surface area (Å²) < 4.78 is 11.7. The van der Waals surface area contributed by atoms with Crippen molar-refractivity contribution < 1.29 is 14.3 Å². The van der Waals surface area contributed by atoms with E-state index in [0.29, 0.717) is 13.2 Å². The number of carbonyl (C=O) groups excluding carboxylic acids is 1. The Bertz CT molecular complexity index is 740. The number of rotatable bonds is 5. The van der Waals surface area contributed by atoms with Crippen LogP contribution in [0.2, 0.25) is 0 Å². The van der Waals surface area contributed by atoms with E-state index < -0.39 is 0 Å². The van der Waals surface area contributed by atoms with Gasteiger partial charge < -0.3 is 9.47 Å². The molecular formula is C21H22O3. The van der Waals surface area contributed by atoms with E-state index in [1.54, 1.807) is 0 Å². The van der Waals surface area contributed by atoms with Gasteiger partial charge >= 0.3 is 0 Å². The van der Waals surface area contributed by atoms with Crippen LogP contribution in [-0.4, -0.2) is 19.0 Å². The van der Waals surface area contributed by atoms with Gasteiger partial charge in [-0.2, -0.15) is 0 Å². The van der Waals surface area contributed by atoms with Gasteiger partial charge in [0.05, 0.1) is 25.2 Å². The summed E-state index contributed by atoms with van der Waals surface area (Å²) in [5.41, 5.74) is 3.27. The molecule has 24 heavy (non-hydrogen) atoms. The molecule has 0 radical (unpaired) electrons. The van der Waals surface area contributed by atoms with Crippen LogP contribution in [0.5, 0.6) is 0 Å². The SMILES string of the molecule is C[C@@]12CO[C@@H](C1)c1ccccc1C2C(=O)COCc1ccccc1. The van der Waals surface area contributed by atoms with Crippen LogP contribution >= 0.6 is 0 Å². The van der Waals surface area contributed by atoms with Crippen molar-refractivity contribution >= 4 is 5.78 Å². The number of Topliss-reactive ketones (excluding diaryl/α,β-unsaturated/α-hetero) is 1. The molecule has 2 aromatic rings. The molecule has 1 unspecified atom stereocenters. The molecule has 4 rings (SSSR count). The van der Waals surface area contributed by atoms with Crippen molar-refractivity contribution in [3.8, 4) is 0 Å². The largest absolute Gasteiger partial charge is 0.373 e. The zero-order valence-electron chi connectivity index (χ0n) is 13.9. The van der Waals surface area contributed by atoms with E-state index in [0.717, 1.165) is 17.5 Å². The fourth-order valence-corrected chi connectivity index (χ4v) is 4.16. The van der Waals surface area contributed by atoms with E-state index in [4.69, 9.17) is 9.47 Å². The average molecular weight is 322 g/mol. The van der Waals surface area contributed by atoms with Gasteiger partial charge in [-0.15, -0.1) is 0 Å². The third-order valence-electron chi connectivity index (χ3n) is 5.29. The van der Waals surface area contributed by atoms with Crippen molar-refractivity contribution in [2.45, 2.75) is 32.0 Å². The lowest BCUT2D eigenvalue weighted by atomic mass is 9.64. The van der Waals surface area contributed by atoms with E-state index >= 15 is 0 Å². The highest BCUT2D eigenvalue weighted by Crippen LogP contribution is 2.55. The second-order valence-corrected chi connectivity index (χ2v) is 7.16. The highest BCUT2D eigenvalue weighted by Gasteiger charge is 2.51. The number of hydrogen-bond acceptors (Lipinski definition) is 3. The van der Waals surface area contributed by atoms with Crippen LogP contribution in [0.4, 0.5) is 0 Å². The monoisotopic (exact) mass is 322 g/mol. The van der Waals surface area contributed by atoms with Crippen LogP contribution in [0.25, 0.3) is 0 Å². The smallest absolute Gasteiger partial charge is 0.166 e. The normalized spacial score (nSPS) is 27.7. The number of carbonyl (C=O) groups is 1. The minimum absolute atomic E-state index is 0.119. The molecule has 3 atom stereocenters. The van der Waals surface area contributed by atoms with Gasteiger partial charge in [0, 0.05) is 5.41 Å². The van der Waals surface area contributed by atoms with Crippen molar-refractivity contribution in [1.29, 1.82) is 0 Å². The van der Waals surface area contributed by atoms with Gasteiger partial charge in [-0.25, -0.2) is 0 Å². The predicted molar refractivity (Wildman–Crippen MR) is 91.7 cm³/mol. The van der Waals surface area contributed by atoms with E-state index in [-0.39, 0.29) is 29.8 Å². The third kappa shape index (κ3) is 2.68. The second-order valence-electron chi connectivity index (χ2n) is 7.16. The molecule has 0 amide bonds. The Labute approximate surface area is 142 Å². The molecule has 124 valence electrons. The molecule has 0 aromatic heterocycles. The Morgan fingerprint density at radius 1 is 1.12 bits per heavy atom. The highest BCUT2D eigenvalue weighted by molar-refractivity contribution is 5.88. The molecule has 2 bridgehead atoms. The highest BCUT2D eigenvalue weighted by atomic mass is 16.5. The summed E-state index contributed by atoms with van der Waals surface area (Å²) in [5, 5.41) is 0. The topological polar surface area (TPSA) is 35.5 Å². The van der Waals surface area contributed by atoms with Gasteiger partial charge in [-0.1, -0.05) is 61.5 Å². The summed E-state index contributed by atoms with van der Waals surface area (Å²) >= 11 is 0. The first-order valence-corrected chi connectivity index (χ1v) is 8.52. The Balaban J connectivity index is 1.51. The van der Waals surface area contributed by atoms with Crippen LogP contribution in [0.15, 0.2) is 54.6 Å². The van der Waals surface area contributed by atoms with Gasteiger partial charge in [-0.3, -0.25) is 4.79 Å². The maximum atomic E-state index is 13.0. The summed E-state index contributed by atoms with van der Waals surface area (Å²) in [6.45, 7) is 3.43. The van der Waals surface area contributed by atoms with Crippen molar-refractivity contribution in [3.63, 3.8) is 0 Å². The summed E-state index contributed by atoms with van der Waals surface area (Å²) in [4.78, 5) is 13.0. The van der Waals surface area contributed by atoms with Crippen LogP contribution in [0.1, 0.15) is 42.1 Å². The Kier molecular flexibility index (Phi) is 3.99. The number of hydrogen-bond donors (Lipinski definition) is 0. The fourth-order valence-electron chi connectivity index (χ4n) is 4.16. The fraction of sp³-hybridized carbons (Fsp3) is 0.381. The third-order valence-corrected chi connectivity index (χ3v) is 5.29. The molecular weight excluding hydrogens is 300 g/mol. The molecule has 2 aliphatic rings. The molecule has 0 spiro atoms. The van der Waals surface area contributed by atoms with Crippen LogP contribution in [0.3, 0.4) is 0 Å². The first-order valence-electron chi connectivity index (χ1n) is 8.52. The van der Waals surface area contributed by atoms with Gasteiger partial charge in [-0.05, 0) is 23.1 Å². The summed E-state index contributed by atoms with van der Waals surface area (Å²) in [6.07, 6.45) is 1.06. The summed E-state index contributed by atoms with van der Waals surface area (Å²) in [6, 6.07) is 18.2. The zero-order chi connectivity index (χ0) is 16.6. The van der Waals surface area contributed by atoms with E-state index in [1.165, 1.54) is 5.56 Å². The van der Waals surface area contributed by atoms with Gasteiger partial charge in [0.15, 0.2) is 5.78 Å². The number of fused-ring (bicyclic) bond motifs is 4. The van der Waals surface area contributed by atoms with Crippen molar-refractivity contribution in [2.24, 2.45) is 5.41 Å². The molecule has 1 heterocycles. The van der Waals surface area contributed by atoms with Gasteiger partial charge in [0.2, 0.25) is 0 Å². The van der Waals surface area contributed by atoms with Gasteiger partial charge in [0.25, 0.3) is 0 Å². The van der Waals surface area contributed by atoms with Crippen molar-refractivity contribution in [3.05, 3.63) is 71.3 Å². The quantitative estimate of drug-likeness (QED) is 0.833. The standard InChI is InChI=1S/C21H22O3/c1-21-11-19(24-14-21)16-9-5-6-10-17(16)20(21)18(22)13-23-12-15-7-3-2-4-8-15/h2-10,19-20H,11-14H2,1H3/t19-,20?,21-/m0/s1. The molecule has 3 nitrogen and oxygen atoms in total. The lowest BCUT2D eigenvalue weighted by Crippen LogP contribution is -2.36. The van der Waals surface area contributed by atoms with Gasteiger partial charge in [0.1, 0.15) is 6.61 Å². The molecule has 1 saturated heterocycles. The van der Waals surface area contributed by atoms with Crippen molar-refractivity contribution in [1.82, 2.24) is 0 Å². The zero-order valence-corrected chi connectivity index (χ0v) is 13.9. The number of ether oxygens (including phenoxy) is 2. The van der Waals surface area contributed by atoms with Crippen molar-refractivity contribution in [2.75, 3.05) is 13.2 Å². The van der Waals surface area contributed by atoms with Crippen LogP contribution < -0.4 is 0 Å². The molecule has 0 N–H and O–H groups in total. The Morgan fingerprint density at radius 3 is 2.62 bits per heavy atom. The molecule has 3 heteroatoms. The molecule has 1 aliphatic carbocycles. The van der Waals surface area contributed by atoms with E-state index in [1.807, 2.05) is 42.5 Å². The number of benzene rings is 2. The average Bonchev–Trinajstić information content (AvgIpc) is 2.94. The van der Waals surface area contributed by atoms with E-state index in [9.17, 15) is 4.79 Å². The predicted octanol–water partition coefficient (Wildman–Crippen LogP) is 4.04. The second kappa shape index (κ2) is 6.15. The lowest BCUT2D eigenvalue weighted by molar-refractivity contribution is -0.128. The first-order chi connectivity index (χ1) is 11.7. The summed E-state index contributed by atoms with van der Waals surface area (Å²) in [5.74, 6) is 0.0213. The maximum absolute atomic E-state index is 13.0. The maximum Gasteiger partial charge on any atom is 0.166 e. The van der Waals surface area contributed by atoms with Crippen LogP contribution in [-0.2, 0) is 20.9 Å². The molecule has 1 fully saturated rings. The molecule has 0 saturated carbocycles. The molecule has 2 aromatic carbocycles. The summed E-state index contributed by atoms with van der Waals surface area (Å²) in [7, 11) is 0. The van der Waals surface area contributed by atoms with Crippen LogP contribution in [0, 0.1) is 5.41 Å². The Morgan fingerprint density at radius 2 is 1.83 bits per heavy atom. The minimum atomic E-state index is -0.136.